The Balaban J connectivity index is 1.80. The van der Waals surface area contributed by atoms with Gasteiger partial charge in [-0.3, -0.25) is 4.98 Å². The van der Waals surface area contributed by atoms with E-state index in [1.54, 1.807) is 6.07 Å². The van der Waals surface area contributed by atoms with E-state index < -0.39 is 6.10 Å². The lowest BCUT2D eigenvalue weighted by atomic mass is 10.00. The van der Waals surface area contributed by atoms with Crippen LogP contribution in [0.25, 0.3) is 0 Å². The molecule has 0 aromatic carbocycles. The molecule has 1 aromatic rings. The minimum atomic E-state index is -0.637. The molecule has 1 aromatic heterocycles. The minimum absolute atomic E-state index is 0.264. The predicted molar refractivity (Wildman–Crippen MR) is 77.5 cm³/mol. The van der Waals surface area contributed by atoms with Gasteiger partial charge in [-0.2, -0.15) is 11.8 Å². The molecule has 2 rings (SSSR count). The number of pyridine rings is 1. The molecular formula is C13H19N3O2S. The third-order valence-corrected chi connectivity index (χ3v) is 4.91. The largest absolute Gasteiger partial charge is 0.391 e. The second-order valence-corrected chi connectivity index (χ2v) is 6.25. The number of nitrogens with zero attached hydrogens (tertiary/aromatic N) is 2. The van der Waals surface area contributed by atoms with Crippen LogP contribution >= 0.6 is 11.8 Å². The first-order valence-electron chi connectivity index (χ1n) is 6.52. The van der Waals surface area contributed by atoms with Crippen molar-refractivity contribution < 1.29 is 5.11 Å². The Kier molecular flexibility index (Phi) is 5.30. The van der Waals surface area contributed by atoms with Crippen molar-refractivity contribution in [2.45, 2.75) is 43.1 Å². The first kappa shape index (κ1) is 14.4. The highest BCUT2D eigenvalue weighted by Gasteiger charge is 2.22. The molecule has 5 nitrogen and oxygen atoms in total. The van der Waals surface area contributed by atoms with Crippen LogP contribution in [0.2, 0.25) is 0 Å². The SMILES string of the molecule is NC(CSC1CCC1)C(O)Cc1cc(N=O)ccn1. The van der Waals surface area contributed by atoms with Crippen molar-refractivity contribution in [2.24, 2.45) is 10.9 Å². The van der Waals surface area contributed by atoms with Crippen LogP contribution < -0.4 is 5.73 Å². The van der Waals surface area contributed by atoms with Gasteiger partial charge in [0, 0.05) is 35.4 Å². The number of nitrogens with two attached hydrogens (primary N) is 1. The fourth-order valence-corrected chi connectivity index (χ4v) is 3.28. The highest BCUT2D eigenvalue weighted by molar-refractivity contribution is 8.00. The van der Waals surface area contributed by atoms with E-state index >= 15 is 0 Å². The zero-order valence-electron chi connectivity index (χ0n) is 10.7. The maximum absolute atomic E-state index is 10.4. The van der Waals surface area contributed by atoms with Crippen molar-refractivity contribution >= 4 is 17.4 Å². The Morgan fingerprint density at radius 3 is 3.00 bits per heavy atom. The lowest BCUT2D eigenvalue weighted by Crippen LogP contribution is -2.39. The maximum atomic E-state index is 10.4. The van der Waals surface area contributed by atoms with E-state index in [0.29, 0.717) is 17.8 Å². The zero-order chi connectivity index (χ0) is 13.7. The van der Waals surface area contributed by atoms with Gasteiger partial charge in [0.15, 0.2) is 0 Å². The standard InChI is InChI=1S/C13H19N3O2S/c14-12(8-19-11-2-1-3-11)13(17)7-10-6-9(16-18)4-5-15-10/h4-6,11-13,17H,1-3,7-8,14H2. The van der Waals surface area contributed by atoms with Gasteiger partial charge >= 0.3 is 0 Å². The second-order valence-electron chi connectivity index (χ2n) is 4.92. The smallest absolute Gasteiger partial charge is 0.111 e. The molecular weight excluding hydrogens is 262 g/mol. The molecule has 1 heterocycles. The van der Waals surface area contributed by atoms with Gasteiger partial charge in [-0.1, -0.05) is 6.42 Å². The third-order valence-electron chi connectivity index (χ3n) is 3.39. The lowest BCUT2D eigenvalue weighted by molar-refractivity contribution is 0.151. The molecule has 1 aliphatic rings. The summed E-state index contributed by atoms with van der Waals surface area (Å²) >= 11 is 1.84. The molecule has 3 N–H and O–H groups in total. The van der Waals surface area contributed by atoms with Crippen molar-refractivity contribution in [1.29, 1.82) is 0 Å². The van der Waals surface area contributed by atoms with Gasteiger partial charge in [0.1, 0.15) is 5.69 Å². The summed E-state index contributed by atoms with van der Waals surface area (Å²) < 4.78 is 0. The fraction of sp³-hybridized carbons (Fsp3) is 0.615. The lowest BCUT2D eigenvalue weighted by Gasteiger charge is -2.27. The number of hydrogen-bond acceptors (Lipinski definition) is 6. The summed E-state index contributed by atoms with van der Waals surface area (Å²) in [5.74, 6) is 0.761. The van der Waals surface area contributed by atoms with E-state index in [0.717, 1.165) is 11.0 Å². The van der Waals surface area contributed by atoms with Crippen LogP contribution in [0.5, 0.6) is 0 Å². The Morgan fingerprint density at radius 1 is 1.58 bits per heavy atom. The number of hydrogen-bond donors (Lipinski definition) is 2. The maximum Gasteiger partial charge on any atom is 0.111 e. The Hall–Kier alpha value is -0.980. The van der Waals surface area contributed by atoms with Crippen molar-refractivity contribution in [3.05, 3.63) is 28.9 Å². The monoisotopic (exact) mass is 281 g/mol. The average Bonchev–Trinajstić information content (AvgIpc) is 2.37. The van der Waals surface area contributed by atoms with E-state index in [-0.39, 0.29) is 6.04 Å². The van der Waals surface area contributed by atoms with Crippen LogP contribution in [-0.4, -0.2) is 33.2 Å². The van der Waals surface area contributed by atoms with Crippen molar-refractivity contribution in [3.8, 4) is 0 Å². The van der Waals surface area contributed by atoms with Gasteiger partial charge in [0.05, 0.1) is 6.10 Å². The highest BCUT2D eigenvalue weighted by Crippen LogP contribution is 2.31. The molecule has 2 atom stereocenters. The zero-order valence-corrected chi connectivity index (χ0v) is 11.6. The Morgan fingerprint density at radius 2 is 2.37 bits per heavy atom. The molecule has 1 saturated carbocycles. The molecule has 0 spiro atoms. The minimum Gasteiger partial charge on any atom is -0.391 e. The van der Waals surface area contributed by atoms with E-state index in [4.69, 9.17) is 5.73 Å². The van der Waals surface area contributed by atoms with Gasteiger partial charge in [-0.15, -0.1) is 4.91 Å². The summed E-state index contributed by atoms with van der Waals surface area (Å²) in [5, 5.41) is 13.6. The predicted octanol–water partition coefficient (Wildman–Crippen LogP) is 2.00. The summed E-state index contributed by atoms with van der Waals surface area (Å²) in [6, 6.07) is 2.86. The van der Waals surface area contributed by atoms with E-state index in [1.807, 2.05) is 11.8 Å². The number of thioether (sulfide) groups is 1. The summed E-state index contributed by atoms with van der Waals surface area (Å²) in [7, 11) is 0. The Labute approximate surface area is 117 Å². The van der Waals surface area contributed by atoms with Crippen molar-refractivity contribution in [3.63, 3.8) is 0 Å². The molecule has 19 heavy (non-hydrogen) atoms. The highest BCUT2D eigenvalue weighted by atomic mass is 32.2. The van der Waals surface area contributed by atoms with Crippen molar-refractivity contribution in [1.82, 2.24) is 4.98 Å². The van der Waals surface area contributed by atoms with Crippen LogP contribution in [0, 0.1) is 4.91 Å². The molecule has 0 bridgehead atoms. The summed E-state index contributed by atoms with van der Waals surface area (Å²) in [6.07, 6.45) is 5.08. The molecule has 0 aliphatic heterocycles. The molecule has 0 radical (unpaired) electrons. The van der Waals surface area contributed by atoms with Crippen LogP contribution in [0.1, 0.15) is 25.0 Å². The normalized spacial score (nSPS) is 18.6. The third kappa shape index (κ3) is 4.26. The fourth-order valence-electron chi connectivity index (χ4n) is 1.90. The van der Waals surface area contributed by atoms with Gasteiger partial charge in [-0.05, 0) is 30.2 Å². The quantitative estimate of drug-likeness (QED) is 0.746. The van der Waals surface area contributed by atoms with Crippen LogP contribution in [0.4, 0.5) is 5.69 Å². The molecule has 0 saturated heterocycles. The van der Waals surface area contributed by atoms with Crippen LogP contribution in [-0.2, 0) is 6.42 Å². The average molecular weight is 281 g/mol. The number of aliphatic hydroxyl groups excluding tert-OH is 1. The molecule has 2 unspecified atom stereocenters. The molecule has 6 heteroatoms. The molecule has 1 fully saturated rings. The number of rotatable bonds is 7. The van der Waals surface area contributed by atoms with E-state index in [1.165, 1.54) is 31.5 Å². The van der Waals surface area contributed by atoms with Gasteiger partial charge in [0.25, 0.3) is 0 Å². The van der Waals surface area contributed by atoms with Crippen LogP contribution in [0.15, 0.2) is 23.5 Å². The van der Waals surface area contributed by atoms with Gasteiger partial charge in [-0.25, -0.2) is 0 Å². The first-order valence-corrected chi connectivity index (χ1v) is 7.57. The topological polar surface area (TPSA) is 88.6 Å². The first-order chi connectivity index (χ1) is 9.19. The summed E-state index contributed by atoms with van der Waals surface area (Å²) in [5.41, 5.74) is 6.95. The van der Waals surface area contributed by atoms with E-state index in [9.17, 15) is 10.0 Å². The molecule has 104 valence electrons. The summed E-state index contributed by atoms with van der Waals surface area (Å²) in [4.78, 5) is 14.5. The molecule has 0 amide bonds. The Bertz CT molecular complexity index is 426. The van der Waals surface area contributed by atoms with Gasteiger partial charge < -0.3 is 10.8 Å². The number of aliphatic hydroxyl groups is 1. The number of aromatic nitrogens is 1. The summed E-state index contributed by atoms with van der Waals surface area (Å²) in [6.45, 7) is 0. The second kappa shape index (κ2) is 6.98. The van der Waals surface area contributed by atoms with E-state index in [2.05, 4.69) is 10.2 Å². The molecule has 1 aliphatic carbocycles. The number of nitroso groups, excluding NO2 is 1. The van der Waals surface area contributed by atoms with Gasteiger partial charge in [0.2, 0.25) is 0 Å². The van der Waals surface area contributed by atoms with Crippen LogP contribution in [0.3, 0.4) is 0 Å². The van der Waals surface area contributed by atoms with Crippen molar-refractivity contribution in [2.75, 3.05) is 5.75 Å².